The summed E-state index contributed by atoms with van der Waals surface area (Å²) in [5, 5.41) is 18.6. The number of halogens is 2. The summed E-state index contributed by atoms with van der Waals surface area (Å²) in [4.78, 5) is 74.9. The summed E-state index contributed by atoms with van der Waals surface area (Å²) in [5.74, 6) is -2.77. The van der Waals surface area contributed by atoms with Gasteiger partial charge in [-0.15, -0.1) is 11.3 Å². The second kappa shape index (κ2) is 19.8. The molecule has 3 atom stereocenters. The minimum atomic E-state index is -2.81. The zero-order valence-corrected chi connectivity index (χ0v) is 39.7. The first-order valence-electron chi connectivity index (χ1n) is 23.1. The van der Waals surface area contributed by atoms with Gasteiger partial charge in [-0.3, -0.25) is 19.2 Å². The van der Waals surface area contributed by atoms with Crippen LogP contribution >= 0.6 is 11.3 Å². The third-order valence-corrected chi connectivity index (χ3v) is 14.1. The van der Waals surface area contributed by atoms with E-state index in [4.69, 9.17) is 0 Å². The number of anilines is 3. The number of nitriles is 1. The molecule has 3 fully saturated rings. The molecule has 14 nitrogen and oxygen atoms in total. The summed E-state index contributed by atoms with van der Waals surface area (Å²) < 4.78 is 28.6. The second-order valence-electron chi connectivity index (χ2n) is 19.1. The maximum Gasteiger partial charge on any atom is 0.266 e. The number of thiazole rings is 1. The fourth-order valence-electron chi connectivity index (χ4n) is 9.22. The molecule has 0 saturated carbocycles. The molecule has 0 aliphatic carbocycles. The van der Waals surface area contributed by atoms with Crippen molar-refractivity contribution >= 4 is 52.4 Å². The molecule has 354 valence electrons. The molecule has 2 aromatic carbocycles. The van der Waals surface area contributed by atoms with Gasteiger partial charge in [0.1, 0.15) is 29.5 Å². The van der Waals surface area contributed by atoms with Crippen LogP contribution in [0.3, 0.4) is 0 Å². The van der Waals surface area contributed by atoms with E-state index in [0.29, 0.717) is 73.9 Å². The number of alkyl halides is 2. The highest BCUT2D eigenvalue weighted by atomic mass is 32.1. The third-order valence-electron chi connectivity index (χ3n) is 13.1. The number of amides is 4. The van der Waals surface area contributed by atoms with Crippen molar-refractivity contribution in [3.8, 4) is 16.5 Å². The third kappa shape index (κ3) is 10.8. The van der Waals surface area contributed by atoms with Crippen LogP contribution in [0.4, 0.5) is 26.2 Å². The smallest absolute Gasteiger partial charge is 0.266 e. The lowest BCUT2D eigenvalue weighted by Gasteiger charge is -2.35. The highest BCUT2D eigenvalue weighted by molar-refractivity contribution is 7.13. The highest BCUT2D eigenvalue weighted by Crippen LogP contribution is 2.36. The summed E-state index contributed by atoms with van der Waals surface area (Å²) in [5.41, 5.74) is 6.11. The number of hydrogen-bond acceptors (Lipinski definition) is 11. The van der Waals surface area contributed by atoms with Crippen molar-refractivity contribution in [1.82, 2.24) is 35.4 Å². The molecule has 8 rings (SSSR count). The van der Waals surface area contributed by atoms with Crippen LogP contribution in [0.2, 0.25) is 0 Å². The van der Waals surface area contributed by atoms with Crippen LogP contribution in [0.25, 0.3) is 10.4 Å². The lowest BCUT2D eigenvalue weighted by Crippen LogP contribution is -2.57. The van der Waals surface area contributed by atoms with Gasteiger partial charge in [-0.05, 0) is 116 Å². The number of aryl methyl sites for hydroxylation is 1. The van der Waals surface area contributed by atoms with E-state index in [0.717, 1.165) is 27.3 Å². The molecule has 0 spiro atoms. The number of rotatable bonds is 12. The first-order valence-corrected chi connectivity index (χ1v) is 23.9. The Hall–Kier alpha value is -6.80. The first kappa shape index (κ1) is 47.7. The number of carbonyl (C=O) groups excluding carboxylic acids is 4. The number of benzene rings is 2. The molecule has 0 unspecified atom stereocenters. The van der Waals surface area contributed by atoms with Crippen molar-refractivity contribution < 1.29 is 28.0 Å². The van der Waals surface area contributed by atoms with Crippen molar-refractivity contribution in [3.63, 3.8) is 0 Å². The molecule has 5 aromatic rings. The number of aromatic nitrogens is 3. The summed E-state index contributed by atoms with van der Waals surface area (Å²) in [7, 11) is 0. The Morgan fingerprint density at radius 3 is 2.25 bits per heavy atom. The number of piperidine rings is 1. The van der Waals surface area contributed by atoms with Gasteiger partial charge in [-0.2, -0.15) is 5.26 Å². The van der Waals surface area contributed by atoms with Gasteiger partial charge < -0.3 is 30.7 Å². The molecule has 6 heterocycles. The van der Waals surface area contributed by atoms with Crippen molar-refractivity contribution in [1.29, 1.82) is 5.26 Å². The van der Waals surface area contributed by atoms with E-state index in [9.17, 15) is 33.2 Å². The molecule has 17 heteroatoms. The van der Waals surface area contributed by atoms with Crippen LogP contribution in [0.15, 0.2) is 84.5 Å². The fraction of sp³-hybridized carbons (Fsp3) is 0.412. The van der Waals surface area contributed by atoms with Gasteiger partial charge in [-0.1, -0.05) is 45.0 Å². The Kier molecular flexibility index (Phi) is 13.9. The number of carbonyl (C=O) groups is 4. The molecule has 0 radical (unpaired) electrons. The van der Waals surface area contributed by atoms with Crippen molar-refractivity contribution in [2.45, 2.75) is 96.7 Å². The monoisotopic (exact) mass is 942 g/mol. The van der Waals surface area contributed by atoms with Gasteiger partial charge in [0.05, 0.1) is 40.3 Å². The van der Waals surface area contributed by atoms with E-state index in [1.165, 1.54) is 6.20 Å². The number of nitrogens with zero attached hydrogens (tertiary/aromatic N) is 7. The van der Waals surface area contributed by atoms with Gasteiger partial charge in [0, 0.05) is 49.9 Å². The van der Waals surface area contributed by atoms with Crippen LogP contribution in [-0.4, -0.2) is 99.1 Å². The quantitative estimate of drug-likeness (QED) is 0.110. The standard InChI is InChI=1S/C51H56F2N10O4S/c1-31(34-8-10-36(11-9-34)44-32(2)56-30-68-44)57-47(65)40-7-6-21-63(40)49(67)45(50(3,4)5)60-46(64)37-12-14-38(15-13-37)48(66)61-22-17-35(18-23-61)39-26-42(58-41-25-33(28-54)16-20-55-41)59-43(27-39)62-24-19-51(52,53)29-62/h8-16,20,25-27,30-31,35,40,45H,6-7,17-19,21-24,29H2,1-5H3,(H,57,65)(H,60,64)(H,55,58,59)/t31-,40-,45+/m0/s1. The summed E-state index contributed by atoms with van der Waals surface area (Å²) in [6.07, 6.45) is 3.66. The molecular weight excluding hydrogens is 887 g/mol. The largest absolute Gasteiger partial charge is 0.350 e. The van der Waals surface area contributed by atoms with E-state index in [-0.39, 0.29) is 48.2 Å². The van der Waals surface area contributed by atoms with Crippen molar-refractivity contribution in [3.05, 3.63) is 118 Å². The van der Waals surface area contributed by atoms with E-state index >= 15 is 0 Å². The number of nitrogens with one attached hydrogen (secondary N) is 3. The molecule has 68 heavy (non-hydrogen) atoms. The van der Waals surface area contributed by atoms with Crippen molar-refractivity contribution in [2.75, 3.05) is 42.9 Å². The molecule has 3 aliphatic heterocycles. The predicted molar refractivity (Wildman–Crippen MR) is 257 cm³/mol. The van der Waals surface area contributed by atoms with Gasteiger partial charge in [0.25, 0.3) is 17.7 Å². The Balaban J connectivity index is 0.879. The number of pyridine rings is 2. The van der Waals surface area contributed by atoms with Crippen LogP contribution < -0.4 is 20.9 Å². The van der Waals surface area contributed by atoms with Gasteiger partial charge in [0.15, 0.2) is 0 Å². The summed E-state index contributed by atoms with van der Waals surface area (Å²) in [6.45, 7) is 10.5. The normalized spacial score (nSPS) is 18.1. The lowest BCUT2D eigenvalue weighted by atomic mass is 9.85. The van der Waals surface area contributed by atoms with Gasteiger partial charge >= 0.3 is 0 Å². The van der Waals surface area contributed by atoms with Crippen LogP contribution in [-0.2, 0) is 9.59 Å². The molecule has 3 saturated heterocycles. The second-order valence-corrected chi connectivity index (χ2v) is 19.9. The van der Waals surface area contributed by atoms with E-state index in [1.807, 2.05) is 76.5 Å². The zero-order chi connectivity index (χ0) is 48.3. The average Bonchev–Trinajstić information content (AvgIpc) is 4.10. The first-order chi connectivity index (χ1) is 32.5. The van der Waals surface area contributed by atoms with E-state index in [2.05, 4.69) is 37.0 Å². The summed E-state index contributed by atoms with van der Waals surface area (Å²) >= 11 is 1.58. The Morgan fingerprint density at radius 1 is 0.882 bits per heavy atom. The number of likely N-dealkylation sites (tertiary alicyclic amines) is 2. The van der Waals surface area contributed by atoms with Crippen LogP contribution in [0.5, 0.6) is 0 Å². The Bertz CT molecular complexity index is 2710. The van der Waals surface area contributed by atoms with E-state index < -0.39 is 35.9 Å². The summed E-state index contributed by atoms with van der Waals surface area (Å²) in [6, 6.07) is 21.5. The minimum absolute atomic E-state index is 0.0174. The maximum atomic E-state index is 14.3. The Labute approximate surface area is 399 Å². The minimum Gasteiger partial charge on any atom is -0.350 e. The van der Waals surface area contributed by atoms with Crippen molar-refractivity contribution in [2.24, 2.45) is 5.41 Å². The van der Waals surface area contributed by atoms with E-state index in [1.54, 1.807) is 62.4 Å². The van der Waals surface area contributed by atoms with Crippen LogP contribution in [0.1, 0.15) is 115 Å². The lowest BCUT2D eigenvalue weighted by molar-refractivity contribution is -0.142. The van der Waals surface area contributed by atoms with Gasteiger partial charge in [0.2, 0.25) is 11.8 Å². The molecule has 3 aliphatic rings. The predicted octanol–water partition coefficient (Wildman–Crippen LogP) is 8.40. The van der Waals surface area contributed by atoms with Crippen LogP contribution in [0, 0.1) is 23.7 Å². The number of hydrogen-bond donors (Lipinski definition) is 3. The highest BCUT2D eigenvalue weighted by Gasteiger charge is 2.43. The maximum absolute atomic E-state index is 14.3. The Morgan fingerprint density at radius 2 is 1.60 bits per heavy atom. The fourth-order valence-corrected chi connectivity index (χ4v) is 10.0. The zero-order valence-electron chi connectivity index (χ0n) is 38.9. The molecule has 0 bridgehead atoms. The topological polar surface area (TPSA) is 177 Å². The molecule has 3 aromatic heterocycles. The molecule has 4 amide bonds. The molecule has 3 N–H and O–H groups in total. The average molecular weight is 943 g/mol. The molecular formula is C51H56F2N10O4S. The SMILES string of the molecule is Cc1ncsc1-c1ccc([C@H](C)NC(=O)[C@@H]2CCCN2C(=O)[C@@H](NC(=O)c2ccc(C(=O)N3CCC(c4cc(Nc5cc(C#N)ccn5)nc(N5CCC(F)(F)C5)c4)CC3)cc2)C(C)(C)C)cc1. The van der Waals surface area contributed by atoms with Gasteiger partial charge in [-0.25, -0.2) is 23.7 Å².